The van der Waals surface area contributed by atoms with Gasteiger partial charge in [0, 0.05) is 23.7 Å². The average molecular weight is 296 g/mol. The van der Waals surface area contributed by atoms with E-state index in [1.54, 1.807) is 24.3 Å². The van der Waals surface area contributed by atoms with Gasteiger partial charge in [-0.25, -0.2) is 0 Å². The number of carbonyl (C=O) groups excluding carboxylic acids is 1. The number of unbranched alkanes of at least 4 members (excludes halogenated alkanes) is 1. The molecule has 1 amide bonds. The Morgan fingerprint density at radius 3 is 2.41 bits per heavy atom. The molecular formula is C19H24N2O. The van der Waals surface area contributed by atoms with Crippen molar-refractivity contribution in [2.24, 2.45) is 0 Å². The molecule has 0 fully saturated rings. The summed E-state index contributed by atoms with van der Waals surface area (Å²) in [5.74, 6) is 0.316. The summed E-state index contributed by atoms with van der Waals surface area (Å²) in [7, 11) is 0. The molecule has 0 aliphatic carbocycles. The van der Waals surface area contributed by atoms with Gasteiger partial charge in [-0.15, -0.1) is 0 Å². The van der Waals surface area contributed by atoms with Crippen molar-refractivity contribution in [2.75, 3.05) is 12.3 Å². The Morgan fingerprint density at radius 2 is 1.77 bits per heavy atom. The topological polar surface area (TPSA) is 55.1 Å². The zero-order valence-electron chi connectivity index (χ0n) is 13.1. The molecule has 1 unspecified atom stereocenters. The number of nitrogen functional groups attached to an aromatic ring is 1. The monoisotopic (exact) mass is 296 g/mol. The summed E-state index contributed by atoms with van der Waals surface area (Å²) in [6.45, 7) is 2.85. The summed E-state index contributed by atoms with van der Waals surface area (Å²) < 4.78 is 0. The van der Waals surface area contributed by atoms with Gasteiger partial charge >= 0.3 is 0 Å². The molecule has 2 rings (SSSR count). The zero-order valence-corrected chi connectivity index (χ0v) is 13.1. The van der Waals surface area contributed by atoms with Crippen LogP contribution in [0.25, 0.3) is 0 Å². The van der Waals surface area contributed by atoms with Crippen LogP contribution >= 0.6 is 0 Å². The van der Waals surface area contributed by atoms with Crippen LogP contribution in [0.2, 0.25) is 0 Å². The third-order valence-corrected chi connectivity index (χ3v) is 3.86. The molecule has 0 aliphatic rings. The number of amides is 1. The van der Waals surface area contributed by atoms with E-state index in [2.05, 4.69) is 36.5 Å². The minimum atomic E-state index is -0.0440. The quantitative estimate of drug-likeness (QED) is 0.759. The van der Waals surface area contributed by atoms with E-state index in [0.717, 1.165) is 19.3 Å². The normalized spacial score (nSPS) is 11.9. The van der Waals surface area contributed by atoms with Crippen molar-refractivity contribution in [3.8, 4) is 0 Å². The maximum Gasteiger partial charge on any atom is 0.251 e. The predicted molar refractivity (Wildman–Crippen MR) is 91.9 cm³/mol. The average Bonchev–Trinajstić information content (AvgIpc) is 2.56. The molecule has 116 valence electrons. The summed E-state index contributed by atoms with van der Waals surface area (Å²) >= 11 is 0. The molecule has 22 heavy (non-hydrogen) atoms. The molecule has 3 heteroatoms. The molecule has 0 aliphatic heterocycles. The fourth-order valence-electron chi connectivity index (χ4n) is 2.51. The molecule has 0 radical (unpaired) electrons. The van der Waals surface area contributed by atoms with Crippen molar-refractivity contribution in [1.82, 2.24) is 5.32 Å². The second kappa shape index (κ2) is 8.23. The smallest absolute Gasteiger partial charge is 0.251 e. The highest BCUT2D eigenvalue weighted by Gasteiger charge is 2.13. The Bertz CT molecular complexity index is 578. The van der Waals surface area contributed by atoms with Gasteiger partial charge in [0.05, 0.1) is 0 Å². The van der Waals surface area contributed by atoms with E-state index in [1.165, 1.54) is 5.56 Å². The summed E-state index contributed by atoms with van der Waals surface area (Å²) in [5, 5.41) is 3.05. The number of hydrogen-bond donors (Lipinski definition) is 2. The molecule has 0 aromatic heterocycles. The van der Waals surface area contributed by atoms with Crippen molar-refractivity contribution >= 4 is 11.6 Å². The second-order valence-corrected chi connectivity index (χ2v) is 5.58. The van der Waals surface area contributed by atoms with Gasteiger partial charge in [-0.2, -0.15) is 0 Å². The molecule has 3 N–H and O–H groups in total. The van der Waals surface area contributed by atoms with Gasteiger partial charge in [-0.05, 0) is 36.2 Å². The molecule has 3 nitrogen and oxygen atoms in total. The Morgan fingerprint density at radius 1 is 1.09 bits per heavy atom. The fraction of sp³-hybridized carbons (Fsp3) is 0.316. The number of benzene rings is 2. The summed E-state index contributed by atoms with van der Waals surface area (Å²) in [6.07, 6.45) is 3.41. The first-order chi connectivity index (χ1) is 10.7. The van der Waals surface area contributed by atoms with Gasteiger partial charge in [-0.1, -0.05) is 50.1 Å². The number of nitrogens with two attached hydrogens (primary N) is 1. The number of rotatable bonds is 7. The van der Waals surface area contributed by atoms with Crippen molar-refractivity contribution in [3.63, 3.8) is 0 Å². The molecule has 1 atom stereocenters. The highest BCUT2D eigenvalue weighted by Crippen LogP contribution is 2.21. The first kappa shape index (κ1) is 16.1. The molecule has 0 saturated carbocycles. The van der Waals surface area contributed by atoms with Crippen molar-refractivity contribution < 1.29 is 4.79 Å². The van der Waals surface area contributed by atoms with E-state index >= 15 is 0 Å². The van der Waals surface area contributed by atoms with Gasteiger partial charge in [0.15, 0.2) is 0 Å². The lowest BCUT2D eigenvalue weighted by molar-refractivity contribution is 0.0950. The Kier molecular flexibility index (Phi) is 6.01. The minimum absolute atomic E-state index is 0.0440. The van der Waals surface area contributed by atoms with Gasteiger partial charge in [0.1, 0.15) is 0 Å². The lowest BCUT2D eigenvalue weighted by Gasteiger charge is -2.18. The second-order valence-electron chi connectivity index (χ2n) is 5.58. The highest BCUT2D eigenvalue weighted by molar-refractivity contribution is 5.94. The van der Waals surface area contributed by atoms with Crippen LogP contribution in [-0.4, -0.2) is 12.5 Å². The number of nitrogens with one attached hydrogen (secondary N) is 1. The van der Waals surface area contributed by atoms with E-state index in [1.807, 2.05) is 6.07 Å². The van der Waals surface area contributed by atoms with Crippen LogP contribution in [0, 0.1) is 0 Å². The van der Waals surface area contributed by atoms with E-state index in [4.69, 9.17) is 5.73 Å². The van der Waals surface area contributed by atoms with Crippen LogP contribution in [0.4, 0.5) is 5.69 Å². The van der Waals surface area contributed by atoms with E-state index in [-0.39, 0.29) is 5.91 Å². The third kappa shape index (κ3) is 4.62. The van der Waals surface area contributed by atoms with Crippen molar-refractivity contribution in [1.29, 1.82) is 0 Å². The Hall–Kier alpha value is -2.29. The van der Waals surface area contributed by atoms with Crippen LogP contribution in [0.1, 0.15) is 48.0 Å². The van der Waals surface area contributed by atoms with E-state index in [9.17, 15) is 4.79 Å². The Labute approximate surface area is 132 Å². The van der Waals surface area contributed by atoms with Crippen LogP contribution in [0.3, 0.4) is 0 Å². The zero-order chi connectivity index (χ0) is 15.8. The highest BCUT2D eigenvalue weighted by atomic mass is 16.1. The third-order valence-electron chi connectivity index (χ3n) is 3.86. The summed E-state index contributed by atoms with van der Waals surface area (Å²) in [6, 6.07) is 17.4. The lowest BCUT2D eigenvalue weighted by Crippen LogP contribution is -2.28. The fourth-order valence-corrected chi connectivity index (χ4v) is 2.51. The summed E-state index contributed by atoms with van der Waals surface area (Å²) in [5.41, 5.74) is 8.25. The first-order valence-corrected chi connectivity index (χ1v) is 7.89. The van der Waals surface area contributed by atoms with Crippen LogP contribution in [-0.2, 0) is 0 Å². The molecule has 0 bridgehead atoms. The maximum absolute atomic E-state index is 12.2. The van der Waals surface area contributed by atoms with Gasteiger partial charge in [0.2, 0.25) is 0 Å². The molecule has 0 heterocycles. The van der Waals surface area contributed by atoms with E-state index < -0.39 is 0 Å². The maximum atomic E-state index is 12.2. The van der Waals surface area contributed by atoms with Crippen LogP contribution < -0.4 is 11.1 Å². The molecular weight excluding hydrogens is 272 g/mol. The van der Waals surface area contributed by atoms with Crippen molar-refractivity contribution in [3.05, 3.63) is 65.7 Å². The molecule has 0 saturated heterocycles. The first-order valence-electron chi connectivity index (χ1n) is 7.89. The number of anilines is 1. The predicted octanol–water partition coefficient (Wildman–Crippen LogP) is 3.97. The van der Waals surface area contributed by atoms with Gasteiger partial charge < -0.3 is 11.1 Å². The van der Waals surface area contributed by atoms with Crippen LogP contribution in [0.15, 0.2) is 54.6 Å². The summed E-state index contributed by atoms with van der Waals surface area (Å²) in [4.78, 5) is 12.2. The molecule has 2 aromatic rings. The Balaban J connectivity index is 1.98. The largest absolute Gasteiger partial charge is 0.399 e. The molecule has 0 spiro atoms. The molecule has 2 aromatic carbocycles. The SMILES string of the molecule is CCCCC(CNC(=O)c1ccc(N)cc1)c1ccccc1. The number of carbonyl (C=O) groups is 1. The number of hydrogen-bond acceptors (Lipinski definition) is 2. The van der Waals surface area contributed by atoms with Gasteiger partial charge in [0.25, 0.3) is 5.91 Å². The van der Waals surface area contributed by atoms with Crippen LogP contribution in [0.5, 0.6) is 0 Å². The van der Waals surface area contributed by atoms with E-state index in [0.29, 0.717) is 23.7 Å². The lowest BCUT2D eigenvalue weighted by atomic mass is 9.93. The van der Waals surface area contributed by atoms with Crippen molar-refractivity contribution in [2.45, 2.75) is 32.1 Å². The standard InChI is InChI=1S/C19H24N2O/c1-2-3-7-17(15-8-5-4-6-9-15)14-21-19(22)16-10-12-18(20)13-11-16/h4-6,8-13,17H,2-3,7,14,20H2,1H3,(H,21,22). The minimum Gasteiger partial charge on any atom is -0.399 e. The van der Waals surface area contributed by atoms with Gasteiger partial charge in [-0.3, -0.25) is 4.79 Å².